The number of carbonyl (C=O) groups is 2. The number of hydrogen-bond acceptors (Lipinski definition) is 3. The Balaban J connectivity index is 2.54. The fourth-order valence-corrected chi connectivity index (χ4v) is 3.25. The van der Waals surface area contributed by atoms with Crippen molar-refractivity contribution >= 4 is 12.6 Å². The zero-order valence-corrected chi connectivity index (χ0v) is 14.7. The number of aliphatic hydroxyl groups excluding tert-OH is 1. The molecular formula is C20H30O3. The van der Waals surface area contributed by atoms with E-state index in [1.807, 2.05) is 0 Å². The lowest BCUT2D eigenvalue weighted by molar-refractivity contribution is -0.112. The summed E-state index contributed by atoms with van der Waals surface area (Å²) in [6.45, 7) is 6.27. The molecule has 0 fully saturated rings. The summed E-state index contributed by atoms with van der Waals surface area (Å²) in [5.74, 6) is -0.132. The van der Waals surface area contributed by atoms with Crippen molar-refractivity contribution < 1.29 is 14.7 Å². The van der Waals surface area contributed by atoms with Crippen LogP contribution in [0.25, 0.3) is 0 Å². The monoisotopic (exact) mass is 318 g/mol. The number of hydrogen-bond donors (Lipinski definition) is 1. The lowest BCUT2D eigenvalue weighted by Gasteiger charge is -2.18. The van der Waals surface area contributed by atoms with Crippen LogP contribution in [-0.4, -0.2) is 24.3 Å². The molecule has 0 unspecified atom stereocenters. The Kier molecular flexibility index (Phi) is 8.78. The van der Waals surface area contributed by atoms with Crippen molar-refractivity contribution in [3.63, 3.8) is 0 Å². The van der Waals surface area contributed by atoms with Gasteiger partial charge in [0.25, 0.3) is 0 Å². The lowest BCUT2D eigenvalue weighted by atomic mass is 9.84. The molecule has 0 aliphatic heterocycles. The molecule has 1 aliphatic carbocycles. The van der Waals surface area contributed by atoms with Crippen molar-refractivity contribution in [2.45, 2.75) is 59.3 Å². The van der Waals surface area contributed by atoms with Gasteiger partial charge in [0.15, 0.2) is 0 Å². The quantitative estimate of drug-likeness (QED) is 0.486. The highest BCUT2D eigenvalue weighted by Crippen LogP contribution is 2.37. The van der Waals surface area contributed by atoms with Gasteiger partial charge < -0.3 is 9.90 Å². The molecule has 1 aliphatic rings. The zero-order valence-electron chi connectivity index (χ0n) is 14.7. The van der Waals surface area contributed by atoms with Gasteiger partial charge in [-0.1, -0.05) is 23.3 Å². The molecule has 3 nitrogen and oxygen atoms in total. The summed E-state index contributed by atoms with van der Waals surface area (Å²) in [6, 6.07) is 0. The van der Waals surface area contributed by atoms with E-state index in [4.69, 9.17) is 0 Å². The van der Waals surface area contributed by atoms with Crippen molar-refractivity contribution in [2.75, 3.05) is 6.61 Å². The lowest BCUT2D eigenvalue weighted by Crippen LogP contribution is -2.17. The van der Waals surface area contributed by atoms with Crippen molar-refractivity contribution in [3.05, 3.63) is 34.4 Å². The Bertz CT molecular complexity index is 493. The minimum atomic E-state index is -0.124. The Hall–Kier alpha value is -1.48. The van der Waals surface area contributed by atoms with E-state index < -0.39 is 0 Å². The van der Waals surface area contributed by atoms with Crippen LogP contribution in [0.5, 0.6) is 0 Å². The molecular weight excluding hydrogens is 288 g/mol. The predicted molar refractivity (Wildman–Crippen MR) is 94.1 cm³/mol. The first-order chi connectivity index (χ1) is 11.0. The molecule has 0 aromatic carbocycles. The fraction of sp³-hybridized carbons (Fsp3) is 0.600. The van der Waals surface area contributed by atoms with Crippen LogP contribution in [0, 0.1) is 11.8 Å². The van der Waals surface area contributed by atoms with E-state index in [-0.39, 0.29) is 18.4 Å². The predicted octanol–water partition coefficient (Wildman–Crippen LogP) is 4.17. The summed E-state index contributed by atoms with van der Waals surface area (Å²) in [5.41, 5.74) is 4.16. The van der Waals surface area contributed by atoms with E-state index in [2.05, 4.69) is 32.9 Å². The first kappa shape index (κ1) is 19.6. The van der Waals surface area contributed by atoms with E-state index in [1.165, 1.54) is 11.1 Å². The molecule has 0 spiro atoms. The molecule has 1 N–H and O–H groups in total. The number of allylic oxidation sites excluding steroid dienone is 5. The summed E-state index contributed by atoms with van der Waals surface area (Å²) in [4.78, 5) is 22.7. The summed E-state index contributed by atoms with van der Waals surface area (Å²) in [6.07, 6.45) is 11.5. The fourth-order valence-electron chi connectivity index (χ4n) is 3.25. The number of rotatable bonds is 10. The standard InChI is InChI=1S/C20H30O3/c1-15(2)6-4-7-16(3)8-5-9-17(12-21)19-11-10-18(13-22)20(19)14-23/h6,8,12,14,17,19,22H,4-5,7,9-11,13H2,1-3H3/b16-8+/t17-,19-/m1/s1. The Morgan fingerprint density at radius 1 is 1.22 bits per heavy atom. The van der Waals surface area contributed by atoms with Crippen LogP contribution in [0.3, 0.4) is 0 Å². The molecule has 0 amide bonds. The smallest absolute Gasteiger partial charge is 0.146 e. The second-order valence-corrected chi connectivity index (χ2v) is 6.73. The summed E-state index contributed by atoms with van der Waals surface area (Å²) in [5, 5.41) is 9.29. The second kappa shape index (κ2) is 10.3. The van der Waals surface area contributed by atoms with Gasteiger partial charge in [-0.05, 0) is 76.4 Å². The number of aldehydes is 2. The molecule has 1 rings (SSSR count). The number of aliphatic hydroxyl groups is 1. The van der Waals surface area contributed by atoms with Crippen molar-refractivity contribution in [1.29, 1.82) is 0 Å². The summed E-state index contributed by atoms with van der Waals surface area (Å²) in [7, 11) is 0. The molecule has 2 atom stereocenters. The van der Waals surface area contributed by atoms with Gasteiger partial charge in [0.1, 0.15) is 12.6 Å². The van der Waals surface area contributed by atoms with Crippen molar-refractivity contribution in [3.8, 4) is 0 Å². The third-order valence-corrected chi connectivity index (χ3v) is 4.66. The van der Waals surface area contributed by atoms with E-state index in [0.29, 0.717) is 5.57 Å². The molecule has 0 saturated carbocycles. The SMILES string of the molecule is CC(C)=CCC/C(C)=C/CC[C@H](C=O)[C@H]1CCC(CO)=C1C=O. The largest absolute Gasteiger partial charge is 0.392 e. The van der Waals surface area contributed by atoms with Gasteiger partial charge in [0, 0.05) is 5.92 Å². The third kappa shape index (κ3) is 6.26. The minimum absolute atomic E-state index is 0.00784. The van der Waals surface area contributed by atoms with E-state index in [9.17, 15) is 14.7 Å². The van der Waals surface area contributed by atoms with Crippen LogP contribution in [0.4, 0.5) is 0 Å². The average molecular weight is 318 g/mol. The minimum Gasteiger partial charge on any atom is -0.392 e. The summed E-state index contributed by atoms with van der Waals surface area (Å²) < 4.78 is 0. The first-order valence-electron chi connectivity index (χ1n) is 8.55. The van der Waals surface area contributed by atoms with Crippen molar-refractivity contribution in [1.82, 2.24) is 0 Å². The summed E-state index contributed by atoms with van der Waals surface area (Å²) >= 11 is 0. The van der Waals surface area contributed by atoms with Gasteiger partial charge in [-0.25, -0.2) is 0 Å². The average Bonchev–Trinajstić information content (AvgIpc) is 2.94. The van der Waals surface area contributed by atoms with Gasteiger partial charge in [0.05, 0.1) is 6.61 Å². The Labute approximate surface area is 140 Å². The van der Waals surface area contributed by atoms with Gasteiger partial charge in [-0.2, -0.15) is 0 Å². The highest BCUT2D eigenvalue weighted by atomic mass is 16.3. The second-order valence-electron chi connectivity index (χ2n) is 6.73. The Morgan fingerprint density at radius 3 is 2.52 bits per heavy atom. The van der Waals surface area contributed by atoms with Crippen LogP contribution in [0.15, 0.2) is 34.4 Å². The molecule has 0 heterocycles. The van der Waals surface area contributed by atoms with Crippen LogP contribution >= 0.6 is 0 Å². The third-order valence-electron chi connectivity index (χ3n) is 4.66. The van der Waals surface area contributed by atoms with Crippen molar-refractivity contribution in [2.24, 2.45) is 11.8 Å². The van der Waals surface area contributed by atoms with Crippen LogP contribution in [-0.2, 0) is 9.59 Å². The molecule has 0 bridgehead atoms. The van der Waals surface area contributed by atoms with E-state index >= 15 is 0 Å². The maximum Gasteiger partial charge on any atom is 0.146 e. The highest BCUT2D eigenvalue weighted by Gasteiger charge is 2.30. The molecule has 0 aromatic rings. The molecule has 0 saturated heterocycles. The Morgan fingerprint density at radius 2 is 1.96 bits per heavy atom. The van der Waals surface area contributed by atoms with E-state index in [1.54, 1.807) is 0 Å². The van der Waals surface area contributed by atoms with Gasteiger partial charge in [-0.15, -0.1) is 0 Å². The highest BCUT2D eigenvalue weighted by molar-refractivity contribution is 5.78. The van der Waals surface area contributed by atoms with Crippen LogP contribution in [0.1, 0.15) is 59.3 Å². The normalized spacial score (nSPS) is 19.7. The molecule has 0 aromatic heterocycles. The van der Waals surface area contributed by atoms with Gasteiger partial charge >= 0.3 is 0 Å². The first-order valence-corrected chi connectivity index (χ1v) is 8.55. The van der Waals surface area contributed by atoms with Crippen LogP contribution < -0.4 is 0 Å². The topological polar surface area (TPSA) is 54.4 Å². The zero-order chi connectivity index (χ0) is 17.2. The maximum absolute atomic E-state index is 11.4. The van der Waals surface area contributed by atoms with Gasteiger partial charge in [-0.3, -0.25) is 4.79 Å². The maximum atomic E-state index is 11.4. The molecule has 3 heteroatoms. The number of carbonyl (C=O) groups excluding carboxylic acids is 2. The van der Waals surface area contributed by atoms with Crippen LogP contribution in [0.2, 0.25) is 0 Å². The van der Waals surface area contributed by atoms with Gasteiger partial charge in [0.2, 0.25) is 0 Å². The molecule has 0 radical (unpaired) electrons. The molecule has 23 heavy (non-hydrogen) atoms. The van der Waals surface area contributed by atoms with E-state index in [0.717, 1.165) is 56.7 Å². The molecule has 128 valence electrons.